The topological polar surface area (TPSA) is 71.8 Å². The summed E-state index contributed by atoms with van der Waals surface area (Å²) in [6, 6.07) is 0. The molecule has 96 valence electrons. The van der Waals surface area contributed by atoms with Crippen LogP contribution in [0.1, 0.15) is 10.7 Å². The lowest BCUT2D eigenvalue weighted by Crippen LogP contribution is -2.23. The zero-order valence-electron chi connectivity index (χ0n) is 10.3. The van der Waals surface area contributed by atoms with E-state index in [1.807, 2.05) is 12.3 Å². The van der Waals surface area contributed by atoms with Crippen molar-refractivity contribution in [1.29, 1.82) is 0 Å². The number of aryl methyl sites for hydroxylation is 1. The summed E-state index contributed by atoms with van der Waals surface area (Å²) < 4.78 is 1.59. The third-order valence-corrected chi connectivity index (χ3v) is 3.29. The highest BCUT2D eigenvalue weighted by atomic mass is 32.1. The fourth-order valence-electron chi connectivity index (χ4n) is 1.43. The molecular formula is C11H15N5OS. The van der Waals surface area contributed by atoms with E-state index in [0.29, 0.717) is 6.54 Å². The average Bonchev–Trinajstić information content (AvgIpc) is 2.96. The number of rotatable bonds is 5. The van der Waals surface area contributed by atoms with Gasteiger partial charge in [-0.25, -0.2) is 4.98 Å². The summed E-state index contributed by atoms with van der Waals surface area (Å²) in [5, 5.41) is 12.9. The van der Waals surface area contributed by atoms with E-state index in [9.17, 15) is 4.79 Å². The predicted molar refractivity (Wildman–Crippen MR) is 70.5 cm³/mol. The molecule has 2 aromatic heterocycles. The molecule has 0 radical (unpaired) electrons. The Kier molecular flexibility index (Phi) is 3.93. The number of hydrogen-bond donors (Lipinski definition) is 2. The smallest absolute Gasteiger partial charge is 0.241 e. The Morgan fingerprint density at radius 1 is 1.56 bits per heavy atom. The first-order chi connectivity index (χ1) is 8.67. The molecule has 2 aromatic rings. The lowest BCUT2D eigenvalue weighted by molar-refractivity contribution is -0.121. The van der Waals surface area contributed by atoms with Crippen LogP contribution in [0.5, 0.6) is 0 Å². The maximum Gasteiger partial charge on any atom is 0.241 e. The predicted octanol–water partition coefficient (Wildman–Crippen LogP) is 1.01. The zero-order chi connectivity index (χ0) is 13.0. The number of carbonyl (C=O) groups excluding carboxylic acids is 1. The first-order valence-electron chi connectivity index (χ1n) is 5.55. The molecule has 2 heterocycles. The second-order valence-electron chi connectivity index (χ2n) is 3.84. The molecule has 1 amide bonds. The van der Waals surface area contributed by atoms with Gasteiger partial charge in [0.25, 0.3) is 0 Å². The van der Waals surface area contributed by atoms with Crippen molar-refractivity contribution in [3.63, 3.8) is 0 Å². The minimum Gasteiger partial charge on any atom is -0.376 e. The lowest BCUT2D eigenvalue weighted by Gasteiger charge is -2.00. The Bertz CT molecular complexity index is 533. The highest BCUT2D eigenvalue weighted by Crippen LogP contribution is 2.12. The Balaban J connectivity index is 1.88. The molecule has 0 aromatic carbocycles. The SMILES string of the molecule is CNC(=O)Cn1cc(NCc2nc(C)cs2)cn1. The summed E-state index contributed by atoms with van der Waals surface area (Å²) in [6.45, 7) is 2.88. The standard InChI is InChI=1S/C11H15N5OS/c1-8-7-18-11(15-8)4-13-9-3-14-16(5-9)6-10(17)12-2/h3,5,7,13H,4,6H2,1-2H3,(H,12,17). The highest BCUT2D eigenvalue weighted by Gasteiger charge is 2.03. The fourth-order valence-corrected chi connectivity index (χ4v) is 2.14. The van der Waals surface area contributed by atoms with Gasteiger partial charge in [0.15, 0.2) is 0 Å². The second kappa shape index (κ2) is 5.63. The number of nitrogens with one attached hydrogen (secondary N) is 2. The molecule has 0 saturated heterocycles. The number of carbonyl (C=O) groups is 1. The van der Waals surface area contributed by atoms with Gasteiger partial charge in [-0.1, -0.05) is 0 Å². The van der Waals surface area contributed by atoms with Crippen molar-refractivity contribution < 1.29 is 4.79 Å². The Morgan fingerprint density at radius 2 is 2.39 bits per heavy atom. The van der Waals surface area contributed by atoms with Crippen molar-refractivity contribution in [2.45, 2.75) is 20.0 Å². The van der Waals surface area contributed by atoms with Crippen molar-refractivity contribution in [3.8, 4) is 0 Å². The molecule has 7 heteroatoms. The van der Waals surface area contributed by atoms with Gasteiger partial charge in [0.1, 0.15) is 11.6 Å². The van der Waals surface area contributed by atoms with Crippen LogP contribution >= 0.6 is 11.3 Å². The minimum atomic E-state index is -0.0693. The van der Waals surface area contributed by atoms with E-state index in [1.165, 1.54) is 0 Å². The average molecular weight is 265 g/mol. The summed E-state index contributed by atoms with van der Waals surface area (Å²) >= 11 is 1.62. The van der Waals surface area contributed by atoms with Crippen LogP contribution in [-0.2, 0) is 17.9 Å². The highest BCUT2D eigenvalue weighted by molar-refractivity contribution is 7.09. The van der Waals surface area contributed by atoms with E-state index in [2.05, 4.69) is 20.7 Å². The molecule has 0 fully saturated rings. The normalized spacial score (nSPS) is 10.3. The molecule has 0 unspecified atom stereocenters. The molecule has 18 heavy (non-hydrogen) atoms. The molecule has 2 rings (SSSR count). The molecular weight excluding hydrogens is 250 g/mol. The van der Waals surface area contributed by atoms with E-state index in [4.69, 9.17) is 0 Å². The van der Waals surface area contributed by atoms with Crippen LogP contribution < -0.4 is 10.6 Å². The van der Waals surface area contributed by atoms with E-state index < -0.39 is 0 Å². The summed E-state index contributed by atoms with van der Waals surface area (Å²) in [4.78, 5) is 15.5. The largest absolute Gasteiger partial charge is 0.376 e. The van der Waals surface area contributed by atoms with Crippen molar-refractivity contribution >= 4 is 22.9 Å². The van der Waals surface area contributed by atoms with Crippen LogP contribution in [0, 0.1) is 6.92 Å². The van der Waals surface area contributed by atoms with E-state index in [0.717, 1.165) is 16.4 Å². The summed E-state index contributed by atoms with van der Waals surface area (Å²) in [6.07, 6.45) is 3.50. The Morgan fingerprint density at radius 3 is 3.06 bits per heavy atom. The summed E-state index contributed by atoms with van der Waals surface area (Å²) in [5.74, 6) is -0.0693. The Labute approximate surface area is 109 Å². The number of hydrogen-bond acceptors (Lipinski definition) is 5. The van der Waals surface area contributed by atoms with Gasteiger partial charge in [-0.05, 0) is 6.92 Å². The molecule has 0 spiro atoms. The fraction of sp³-hybridized carbons (Fsp3) is 0.364. The van der Waals surface area contributed by atoms with E-state index in [-0.39, 0.29) is 12.5 Å². The molecule has 0 aliphatic rings. The lowest BCUT2D eigenvalue weighted by atomic mass is 10.5. The Hall–Kier alpha value is -1.89. The van der Waals surface area contributed by atoms with Gasteiger partial charge in [0.05, 0.1) is 18.4 Å². The van der Waals surface area contributed by atoms with Crippen LogP contribution in [0.4, 0.5) is 5.69 Å². The molecule has 0 aliphatic heterocycles. The third-order valence-electron chi connectivity index (χ3n) is 2.33. The number of aromatic nitrogens is 3. The number of likely N-dealkylation sites (N-methyl/N-ethyl adjacent to an activating group) is 1. The van der Waals surface area contributed by atoms with Gasteiger partial charge in [0, 0.05) is 24.3 Å². The van der Waals surface area contributed by atoms with Crippen LogP contribution in [0.15, 0.2) is 17.8 Å². The van der Waals surface area contributed by atoms with Gasteiger partial charge in [-0.15, -0.1) is 11.3 Å². The van der Waals surface area contributed by atoms with Gasteiger partial charge in [0.2, 0.25) is 5.91 Å². The van der Waals surface area contributed by atoms with Gasteiger partial charge >= 0.3 is 0 Å². The second-order valence-corrected chi connectivity index (χ2v) is 4.78. The first kappa shape index (κ1) is 12.6. The van der Waals surface area contributed by atoms with Crippen LogP contribution in [0.3, 0.4) is 0 Å². The van der Waals surface area contributed by atoms with Crippen LogP contribution in [-0.4, -0.2) is 27.7 Å². The van der Waals surface area contributed by atoms with Gasteiger partial charge in [-0.2, -0.15) is 5.10 Å². The van der Waals surface area contributed by atoms with Crippen molar-refractivity contribution in [2.24, 2.45) is 0 Å². The summed E-state index contributed by atoms with van der Waals surface area (Å²) in [5.41, 5.74) is 1.92. The minimum absolute atomic E-state index is 0.0693. The van der Waals surface area contributed by atoms with Crippen molar-refractivity contribution in [2.75, 3.05) is 12.4 Å². The van der Waals surface area contributed by atoms with Crippen LogP contribution in [0.25, 0.3) is 0 Å². The molecule has 0 saturated carbocycles. The summed E-state index contributed by atoms with van der Waals surface area (Å²) in [7, 11) is 1.61. The number of amides is 1. The molecule has 0 bridgehead atoms. The molecule has 2 N–H and O–H groups in total. The van der Waals surface area contributed by atoms with E-state index >= 15 is 0 Å². The van der Waals surface area contributed by atoms with Crippen molar-refractivity contribution in [3.05, 3.63) is 28.5 Å². The molecule has 0 aliphatic carbocycles. The molecule has 0 atom stereocenters. The first-order valence-corrected chi connectivity index (χ1v) is 6.43. The number of thiazole rings is 1. The zero-order valence-corrected chi connectivity index (χ0v) is 11.1. The maximum atomic E-state index is 11.2. The van der Waals surface area contributed by atoms with E-state index in [1.54, 1.807) is 35.5 Å². The number of anilines is 1. The van der Waals surface area contributed by atoms with Crippen molar-refractivity contribution in [1.82, 2.24) is 20.1 Å². The van der Waals surface area contributed by atoms with Crippen LogP contribution in [0.2, 0.25) is 0 Å². The van der Waals surface area contributed by atoms with Gasteiger partial charge < -0.3 is 10.6 Å². The molecule has 6 nitrogen and oxygen atoms in total. The maximum absolute atomic E-state index is 11.2. The monoisotopic (exact) mass is 265 g/mol. The van der Waals surface area contributed by atoms with Gasteiger partial charge in [-0.3, -0.25) is 9.48 Å². The quantitative estimate of drug-likeness (QED) is 0.846. The third kappa shape index (κ3) is 3.30. The number of nitrogens with zero attached hydrogens (tertiary/aromatic N) is 3.